The molecule has 0 spiro atoms. The number of carbonyl (C=O) groups excluding carboxylic acids is 1. The third kappa shape index (κ3) is 1.70. The molecule has 2 heterocycles. The molecule has 0 saturated heterocycles. The molecule has 2 atom stereocenters. The van der Waals surface area contributed by atoms with E-state index >= 15 is 0 Å². The molecule has 1 N–H and O–H groups in total. The number of benzene rings is 1. The zero-order valence-electron chi connectivity index (χ0n) is 11.5. The summed E-state index contributed by atoms with van der Waals surface area (Å²) in [4.78, 5) is 24.2. The van der Waals surface area contributed by atoms with Crippen LogP contribution in [0.4, 0.5) is 0 Å². The minimum absolute atomic E-state index is 0.0112. The fraction of sp³-hybridized carbons (Fsp3) is 0.375. The van der Waals surface area contributed by atoms with Gasteiger partial charge in [-0.1, -0.05) is 13.3 Å². The molecule has 5 nitrogen and oxygen atoms in total. The van der Waals surface area contributed by atoms with Gasteiger partial charge in [0, 0.05) is 12.1 Å². The first kappa shape index (κ1) is 12.4. The van der Waals surface area contributed by atoms with Crippen LogP contribution in [0, 0.1) is 5.92 Å². The van der Waals surface area contributed by atoms with Gasteiger partial charge in [0.1, 0.15) is 23.2 Å². The number of ether oxygens (including phenoxy) is 1. The molecule has 0 amide bonds. The molecule has 1 aromatic heterocycles. The van der Waals surface area contributed by atoms with E-state index in [0.29, 0.717) is 35.1 Å². The Hall–Kier alpha value is -2.30. The maximum absolute atomic E-state index is 12.4. The maximum atomic E-state index is 12.4. The Morgan fingerprint density at radius 1 is 1.33 bits per heavy atom. The highest BCUT2D eigenvalue weighted by Crippen LogP contribution is 2.48. The normalized spacial score (nSPS) is 22.6. The molecule has 1 aromatic carbocycles. The average molecular weight is 286 g/mol. The Morgan fingerprint density at radius 3 is 2.90 bits per heavy atom. The van der Waals surface area contributed by atoms with E-state index in [0.717, 1.165) is 6.42 Å². The molecule has 1 aliphatic heterocycles. The van der Waals surface area contributed by atoms with E-state index in [2.05, 4.69) is 0 Å². The van der Waals surface area contributed by atoms with Crippen molar-refractivity contribution in [2.75, 3.05) is 0 Å². The van der Waals surface area contributed by atoms with Crippen molar-refractivity contribution in [1.82, 2.24) is 0 Å². The predicted octanol–water partition coefficient (Wildman–Crippen LogP) is 2.41. The third-order valence-corrected chi connectivity index (χ3v) is 4.15. The van der Waals surface area contributed by atoms with Crippen LogP contribution in [0.2, 0.25) is 0 Å². The number of ketones is 1. The number of fused-ring (bicyclic) bond motifs is 4. The lowest BCUT2D eigenvalue weighted by Gasteiger charge is -2.18. The Kier molecular flexibility index (Phi) is 2.43. The Bertz CT molecular complexity index is 833. The van der Waals surface area contributed by atoms with E-state index in [4.69, 9.17) is 9.15 Å². The highest BCUT2D eigenvalue weighted by atomic mass is 16.5. The standard InChI is InChI=1S/C16H14O5/c1-2-3-7-4-12(18)21-16-13(7)9(17)6-11-14(16)15(19)8-5-10(8)20-11/h4,6,8,10,17H,2-3,5H2,1H3. The van der Waals surface area contributed by atoms with Crippen molar-refractivity contribution in [2.24, 2.45) is 5.92 Å². The van der Waals surface area contributed by atoms with Crippen LogP contribution in [0.1, 0.15) is 35.7 Å². The van der Waals surface area contributed by atoms with Crippen LogP contribution < -0.4 is 10.4 Å². The number of aromatic hydroxyl groups is 1. The molecule has 5 heteroatoms. The zero-order chi connectivity index (χ0) is 14.7. The summed E-state index contributed by atoms with van der Waals surface area (Å²) in [5.74, 6) is 0.122. The van der Waals surface area contributed by atoms with E-state index in [1.807, 2.05) is 6.92 Å². The molecule has 2 aliphatic rings. The van der Waals surface area contributed by atoms with Crippen LogP contribution in [0.3, 0.4) is 0 Å². The number of carbonyl (C=O) groups is 1. The lowest BCUT2D eigenvalue weighted by Crippen LogP contribution is -2.18. The molecule has 0 radical (unpaired) electrons. The second kappa shape index (κ2) is 4.10. The van der Waals surface area contributed by atoms with Gasteiger partial charge < -0.3 is 14.3 Å². The smallest absolute Gasteiger partial charge is 0.336 e. The molecule has 2 aromatic rings. The topological polar surface area (TPSA) is 76.7 Å². The highest BCUT2D eigenvalue weighted by Gasteiger charge is 2.51. The van der Waals surface area contributed by atoms with Gasteiger partial charge in [0.25, 0.3) is 0 Å². The van der Waals surface area contributed by atoms with Gasteiger partial charge in [0.2, 0.25) is 0 Å². The second-order valence-corrected chi connectivity index (χ2v) is 5.68. The number of phenols is 1. The Balaban J connectivity index is 2.09. The van der Waals surface area contributed by atoms with Crippen molar-refractivity contribution < 1.29 is 19.1 Å². The van der Waals surface area contributed by atoms with Gasteiger partial charge in [-0.3, -0.25) is 4.79 Å². The van der Waals surface area contributed by atoms with Gasteiger partial charge >= 0.3 is 5.63 Å². The van der Waals surface area contributed by atoms with Crippen molar-refractivity contribution in [3.8, 4) is 11.5 Å². The zero-order valence-corrected chi connectivity index (χ0v) is 11.5. The van der Waals surface area contributed by atoms with Crippen LogP contribution >= 0.6 is 0 Å². The van der Waals surface area contributed by atoms with Crippen molar-refractivity contribution in [1.29, 1.82) is 0 Å². The summed E-state index contributed by atoms with van der Waals surface area (Å²) in [7, 11) is 0. The molecule has 2 unspecified atom stereocenters. The molecule has 1 saturated carbocycles. The summed E-state index contributed by atoms with van der Waals surface area (Å²) in [6, 6.07) is 2.84. The van der Waals surface area contributed by atoms with Crippen molar-refractivity contribution in [2.45, 2.75) is 32.3 Å². The molecule has 108 valence electrons. The van der Waals surface area contributed by atoms with E-state index in [1.165, 1.54) is 12.1 Å². The fourth-order valence-electron chi connectivity index (χ4n) is 3.10. The monoisotopic (exact) mass is 286 g/mol. The number of phenolic OH excluding ortho intramolecular Hbond substituents is 1. The molecule has 1 aliphatic carbocycles. The third-order valence-electron chi connectivity index (χ3n) is 4.15. The first-order valence-electron chi connectivity index (χ1n) is 7.13. The average Bonchev–Trinajstić information content (AvgIpc) is 3.17. The summed E-state index contributed by atoms with van der Waals surface area (Å²) in [5, 5.41) is 10.7. The number of rotatable bonds is 2. The molecular weight excluding hydrogens is 272 g/mol. The van der Waals surface area contributed by atoms with Gasteiger partial charge in [0.05, 0.1) is 11.3 Å². The minimum atomic E-state index is -0.510. The van der Waals surface area contributed by atoms with Crippen LogP contribution in [-0.4, -0.2) is 17.0 Å². The first-order valence-corrected chi connectivity index (χ1v) is 7.13. The summed E-state index contributed by atoms with van der Waals surface area (Å²) >= 11 is 0. The largest absolute Gasteiger partial charge is 0.507 e. The quantitative estimate of drug-likeness (QED) is 0.858. The van der Waals surface area contributed by atoms with Gasteiger partial charge in [-0.25, -0.2) is 4.79 Å². The Morgan fingerprint density at radius 2 is 2.14 bits per heavy atom. The number of aryl methyl sites for hydroxylation is 1. The van der Waals surface area contributed by atoms with Gasteiger partial charge in [-0.15, -0.1) is 0 Å². The Labute approximate surface area is 120 Å². The molecular formula is C16H14O5. The molecule has 4 rings (SSSR count). The van der Waals surface area contributed by atoms with Crippen LogP contribution in [0.15, 0.2) is 21.3 Å². The molecule has 1 fully saturated rings. The van der Waals surface area contributed by atoms with Crippen molar-refractivity contribution in [3.05, 3.63) is 33.7 Å². The lowest BCUT2D eigenvalue weighted by atomic mass is 9.97. The second-order valence-electron chi connectivity index (χ2n) is 5.68. The highest BCUT2D eigenvalue weighted by molar-refractivity contribution is 6.13. The summed E-state index contributed by atoms with van der Waals surface area (Å²) in [5.41, 5.74) is 0.659. The number of hydrogen-bond donors (Lipinski definition) is 1. The van der Waals surface area contributed by atoms with Crippen molar-refractivity contribution in [3.63, 3.8) is 0 Å². The summed E-state index contributed by atoms with van der Waals surface area (Å²) < 4.78 is 10.9. The number of hydrogen-bond acceptors (Lipinski definition) is 5. The fourth-order valence-corrected chi connectivity index (χ4v) is 3.10. The lowest BCUT2D eigenvalue weighted by molar-refractivity contribution is 0.0921. The summed E-state index contributed by atoms with van der Waals surface area (Å²) in [6.45, 7) is 1.99. The van der Waals surface area contributed by atoms with Gasteiger partial charge in [0.15, 0.2) is 11.4 Å². The molecule has 0 bridgehead atoms. The van der Waals surface area contributed by atoms with Gasteiger partial charge in [-0.2, -0.15) is 0 Å². The predicted molar refractivity (Wildman–Crippen MR) is 75.0 cm³/mol. The van der Waals surface area contributed by atoms with Gasteiger partial charge in [-0.05, 0) is 18.4 Å². The van der Waals surface area contributed by atoms with Crippen molar-refractivity contribution >= 4 is 16.8 Å². The van der Waals surface area contributed by atoms with E-state index < -0.39 is 5.63 Å². The minimum Gasteiger partial charge on any atom is -0.507 e. The van der Waals surface area contributed by atoms with Crippen LogP contribution in [-0.2, 0) is 6.42 Å². The first-order chi connectivity index (χ1) is 10.1. The maximum Gasteiger partial charge on any atom is 0.336 e. The summed E-state index contributed by atoms with van der Waals surface area (Å²) in [6.07, 6.45) is 2.06. The van der Waals surface area contributed by atoms with Crippen LogP contribution in [0.5, 0.6) is 11.5 Å². The van der Waals surface area contributed by atoms with E-state index in [1.54, 1.807) is 0 Å². The van der Waals surface area contributed by atoms with Crippen LogP contribution in [0.25, 0.3) is 11.0 Å². The number of Topliss-reactive ketones (excluding diaryl/α,β-unsaturated/α-hetero) is 1. The molecule has 21 heavy (non-hydrogen) atoms. The van der Waals surface area contributed by atoms with E-state index in [-0.39, 0.29) is 29.1 Å². The SMILES string of the molecule is CCCc1cc(=O)oc2c3c(cc(O)c12)OC1CC1C3=O. The van der Waals surface area contributed by atoms with E-state index in [9.17, 15) is 14.7 Å².